The van der Waals surface area contributed by atoms with Crippen molar-refractivity contribution in [2.75, 3.05) is 31.1 Å². The Kier molecular flexibility index (Phi) is 5.78. The minimum atomic E-state index is -1.36. The number of nitrogens with two attached hydrogens (primary N) is 1. The summed E-state index contributed by atoms with van der Waals surface area (Å²) >= 11 is 12.9. The minimum absolute atomic E-state index is 0.177. The molecule has 0 saturated carbocycles. The third kappa shape index (κ3) is 3.38. The standard InChI is InChI=1S/C24H25Cl2N3O/c1-3-28(4-2)11-12-29-21-15-19(25)14-20(26)22(21)24(27,23(29)30)18-10-9-16-7-5-6-8-17(16)13-18/h5-10,13-15H,3-4,11-12,27H2,1-2H3. The zero-order valence-corrected chi connectivity index (χ0v) is 18.7. The van der Waals surface area contributed by atoms with Crippen molar-refractivity contribution in [2.45, 2.75) is 19.4 Å². The third-order valence-corrected chi connectivity index (χ3v) is 6.56. The Morgan fingerprint density at radius 1 is 1.00 bits per heavy atom. The molecule has 3 aromatic carbocycles. The highest BCUT2D eigenvalue weighted by Gasteiger charge is 2.51. The lowest BCUT2D eigenvalue weighted by molar-refractivity contribution is -0.121. The van der Waals surface area contributed by atoms with Crippen molar-refractivity contribution in [3.8, 4) is 0 Å². The van der Waals surface area contributed by atoms with E-state index in [0.29, 0.717) is 27.8 Å². The summed E-state index contributed by atoms with van der Waals surface area (Å²) in [7, 11) is 0. The fourth-order valence-corrected chi connectivity index (χ4v) is 4.93. The third-order valence-electron chi connectivity index (χ3n) is 6.04. The van der Waals surface area contributed by atoms with Gasteiger partial charge in [0.15, 0.2) is 5.54 Å². The van der Waals surface area contributed by atoms with E-state index in [9.17, 15) is 4.79 Å². The molecule has 30 heavy (non-hydrogen) atoms. The molecule has 1 aliphatic heterocycles. The molecule has 0 saturated heterocycles. The lowest BCUT2D eigenvalue weighted by Crippen LogP contribution is -2.49. The molecule has 0 spiro atoms. The van der Waals surface area contributed by atoms with E-state index in [1.807, 2.05) is 42.5 Å². The number of likely N-dealkylation sites (N-methyl/N-ethyl adjacent to an activating group) is 1. The SMILES string of the molecule is CCN(CC)CCN1C(=O)C(N)(c2ccc3ccccc3c2)c2c(Cl)cc(Cl)cc21. The van der Waals surface area contributed by atoms with Gasteiger partial charge in [0, 0.05) is 23.7 Å². The number of halogens is 2. The van der Waals surface area contributed by atoms with Crippen LogP contribution in [0.2, 0.25) is 10.0 Å². The number of nitrogens with zero attached hydrogens (tertiary/aromatic N) is 2. The molecule has 0 fully saturated rings. The minimum Gasteiger partial charge on any atom is -0.310 e. The van der Waals surface area contributed by atoms with Crippen LogP contribution in [0.3, 0.4) is 0 Å². The number of hydrogen-bond acceptors (Lipinski definition) is 3. The molecule has 1 aliphatic rings. The molecule has 156 valence electrons. The van der Waals surface area contributed by atoms with E-state index in [1.54, 1.807) is 17.0 Å². The van der Waals surface area contributed by atoms with Crippen LogP contribution in [-0.2, 0) is 10.3 Å². The maximum Gasteiger partial charge on any atom is 0.256 e. The van der Waals surface area contributed by atoms with Crippen molar-refractivity contribution < 1.29 is 4.79 Å². The molecule has 1 unspecified atom stereocenters. The quantitative estimate of drug-likeness (QED) is 0.582. The Labute approximate surface area is 187 Å². The summed E-state index contributed by atoms with van der Waals surface area (Å²) in [5.74, 6) is -0.177. The predicted molar refractivity (Wildman–Crippen MR) is 126 cm³/mol. The second-order valence-electron chi connectivity index (χ2n) is 7.64. The average Bonchev–Trinajstić information content (AvgIpc) is 2.96. The van der Waals surface area contributed by atoms with Crippen LogP contribution in [0.25, 0.3) is 10.8 Å². The number of rotatable bonds is 6. The van der Waals surface area contributed by atoms with Gasteiger partial charge < -0.3 is 15.5 Å². The summed E-state index contributed by atoms with van der Waals surface area (Å²) in [4.78, 5) is 17.8. The van der Waals surface area contributed by atoms with Gasteiger partial charge in [0.1, 0.15) is 0 Å². The van der Waals surface area contributed by atoms with Gasteiger partial charge in [-0.2, -0.15) is 0 Å². The van der Waals surface area contributed by atoms with Crippen molar-refractivity contribution in [2.24, 2.45) is 5.73 Å². The fourth-order valence-electron chi connectivity index (χ4n) is 4.30. The number of amides is 1. The largest absolute Gasteiger partial charge is 0.310 e. The highest BCUT2D eigenvalue weighted by Crippen LogP contribution is 2.48. The molecular weight excluding hydrogens is 417 g/mol. The smallest absolute Gasteiger partial charge is 0.256 e. The van der Waals surface area contributed by atoms with E-state index in [1.165, 1.54) is 0 Å². The summed E-state index contributed by atoms with van der Waals surface area (Å²) in [5.41, 5.74) is 7.59. The van der Waals surface area contributed by atoms with Crippen LogP contribution in [0.5, 0.6) is 0 Å². The van der Waals surface area contributed by atoms with Crippen molar-refractivity contribution in [3.63, 3.8) is 0 Å². The van der Waals surface area contributed by atoms with Crippen molar-refractivity contribution >= 4 is 45.6 Å². The first-order valence-corrected chi connectivity index (χ1v) is 11.0. The van der Waals surface area contributed by atoms with Gasteiger partial charge >= 0.3 is 0 Å². The lowest BCUT2D eigenvalue weighted by Gasteiger charge is -2.27. The Hall–Kier alpha value is -2.11. The molecule has 0 aliphatic carbocycles. The molecule has 1 heterocycles. The molecule has 0 aromatic heterocycles. The molecule has 6 heteroatoms. The van der Waals surface area contributed by atoms with Crippen LogP contribution in [0.4, 0.5) is 5.69 Å². The van der Waals surface area contributed by atoms with Crippen LogP contribution >= 0.6 is 23.2 Å². The second kappa shape index (κ2) is 8.20. The molecule has 4 rings (SSSR count). The van der Waals surface area contributed by atoms with Gasteiger partial charge in [-0.15, -0.1) is 0 Å². The normalized spacial score (nSPS) is 18.5. The molecule has 0 radical (unpaired) electrons. The van der Waals surface area contributed by atoms with Gasteiger partial charge in [-0.3, -0.25) is 4.79 Å². The van der Waals surface area contributed by atoms with Gasteiger partial charge in [-0.1, -0.05) is 73.4 Å². The Bertz CT molecular complexity index is 1110. The van der Waals surface area contributed by atoms with Crippen LogP contribution in [0.1, 0.15) is 25.0 Å². The second-order valence-corrected chi connectivity index (χ2v) is 8.48. The summed E-state index contributed by atoms with van der Waals surface area (Å²) in [6.45, 7) is 7.33. The first-order chi connectivity index (χ1) is 14.4. The van der Waals surface area contributed by atoms with Crippen molar-refractivity contribution in [1.82, 2.24) is 4.90 Å². The Balaban J connectivity index is 1.84. The highest BCUT2D eigenvalue weighted by atomic mass is 35.5. The fraction of sp³-hybridized carbons (Fsp3) is 0.292. The van der Waals surface area contributed by atoms with Crippen molar-refractivity contribution in [1.29, 1.82) is 0 Å². The van der Waals surface area contributed by atoms with Crippen LogP contribution in [0.15, 0.2) is 54.6 Å². The first-order valence-electron chi connectivity index (χ1n) is 10.2. The number of benzene rings is 3. The zero-order chi connectivity index (χ0) is 21.5. The highest BCUT2D eigenvalue weighted by molar-refractivity contribution is 6.37. The van der Waals surface area contributed by atoms with Gasteiger partial charge in [0.05, 0.1) is 10.7 Å². The summed E-state index contributed by atoms with van der Waals surface area (Å²) in [5, 5.41) is 3.02. The monoisotopic (exact) mass is 441 g/mol. The summed E-state index contributed by atoms with van der Waals surface area (Å²) < 4.78 is 0. The van der Waals surface area contributed by atoms with Gasteiger partial charge in [-0.25, -0.2) is 0 Å². The maximum atomic E-state index is 13.8. The van der Waals surface area contributed by atoms with Gasteiger partial charge in [0.25, 0.3) is 5.91 Å². The summed E-state index contributed by atoms with van der Waals surface area (Å²) in [6.07, 6.45) is 0. The van der Waals surface area contributed by atoms with E-state index >= 15 is 0 Å². The molecule has 2 N–H and O–H groups in total. The molecule has 4 nitrogen and oxygen atoms in total. The maximum absolute atomic E-state index is 13.8. The number of carbonyl (C=O) groups is 1. The first kappa shape index (κ1) is 21.1. The molecule has 0 bridgehead atoms. The van der Waals surface area contributed by atoms with E-state index in [0.717, 1.165) is 36.0 Å². The summed E-state index contributed by atoms with van der Waals surface area (Å²) in [6, 6.07) is 17.4. The average molecular weight is 442 g/mol. The van der Waals surface area contributed by atoms with Crippen LogP contribution < -0.4 is 10.6 Å². The Morgan fingerprint density at radius 2 is 1.70 bits per heavy atom. The number of carbonyl (C=O) groups excluding carboxylic acids is 1. The van der Waals surface area contributed by atoms with E-state index in [4.69, 9.17) is 28.9 Å². The lowest BCUT2D eigenvalue weighted by atomic mass is 9.84. The van der Waals surface area contributed by atoms with E-state index < -0.39 is 5.54 Å². The Morgan fingerprint density at radius 3 is 2.40 bits per heavy atom. The molecule has 3 aromatic rings. The molecule has 1 atom stereocenters. The number of hydrogen-bond donors (Lipinski definition) is 1. The number of anilines is 1. The van der Waals surface area contributed by atoms with E-state index in [-0.39, 0.29) is 5.91 Å². The topological polar surface area (TPSA) is 49.6 Å². The molecular formula is C24H25Cl2N3O. The number of fused-ring (bicyclic) bond motifs is 2. The van der Waals surface area contributed by atoms with Gasteiger partial charge in [-0.05, 0) is 47.6 Å². The predicted octanol–water partition coefficient (Wildman–Crippen LogP) is 5.04. The van der Waals surface area contributed by atoms with E-state index in [2.05, 4.69) is 18.7 Å². The van der Waals surface area contributed by atoms with Gasteiger partial charge in [0.2, 0.25) is 0 Å². The molecule has 1 amide bonds. The van der Waals surface area contributed by atoms with Crippen molar-refractivity contribution in [3.05, 3.63) is 75.8 Å². The van der Waals surface area contributed by atoms with Crippen LogP contribution in [-0.4, -0.2) is 37.0 Å². The zero-order valence-electron chi connectivity index (χ0n) is 17.2. The van der Waals surface area contributed by atoms with Crippen LogP contribution in [0, 0.1) is 0 Å².